The summed E-state index contributed by atoms with van der Waals surface area (Å²) in [6, 6.07) is 14.1. The summed E-state index contributed by atoms with van der Waals surface area (Å²) >= 11 is 0. The third kappa shape index (κ3) is 15.5. The van der Waals surface area contributed by atoms with Crippen molar-refractivity contribution in [2.24, 2.45) is 29.6 Å². The molecular weight excluding hydrogens is 739 g/mol. The lowest BCUT2D eigenvalue weighted by molar-refractivity contribution is -0.150. The second-order valence-electron chi connectivity index (χ2n) is 17.2. The van der Waals surface area contributed by atoms with Crippen LogP contribution in [-0.2, 0) is 41.6 Å². The zero-order valence-corrected chi connectivity index (χ0v) is 36.1. The molecule has 0 aliphatic rings. The van der Waals surface area contributed by atoms with E-state index in [1.807, 2.05) is 71.0 Å². The fraction of sp³-hybridized carbons (Fsp3) is 0.600. The van der Waals surface area contributed by atoms with E-state index in [0.29, 0.717) is 12.8 Å². The number of rotatable bonds is 24. The maximum atomic E-state index is 14.0. The highest BCUT2D eigenvalue weighted by Crippen LogP contribution is 2.25. The summed E-state index contributed by atoms with van der Waals surface area (Å²) < 4.78 is 0. The van der Waals surface area contributed by atoms with Gasteiger partial charge in [0, 0.05) is 12.8 Å². The van der Waals surface area contributed by atoms with Crippen molar-refractivity contribution in [3.63, 3.8) is 0 Å². The van der Waals surface area contributed by atoms with E-state index in [1.54, 1.807) is 58.9 Å². The average molecular weight is 808 g/mol. The number of aliphatic hydroxyl groups is 1. The van der Waals surface area contributed by atoms with Crippen molar-refractivity contribution in [3.8, 4) is 0 Å². The van der Waals surface area contributed by atoms with Crippen LogP contribution in [0.25, 0.3) is 0 Å². The Kier molecular flexibility index (Phi) is 20.1. The molecular formula is C45H69N5O8. The minimum atomic E-state index is -1.67. The number of carbonyl (C=O) groups excluding carboxylic acids is 5. The number of amides is 5. The van der Waals surface area contributed by atoms with Gasteiger partial charge in [-0.25, -0.2) is 4.79 Å². The minimum Gasteiger partial charge on any atom is -0.479 e. The first kappa shape index (κ1) is 49.4. The first-order chi connectivity index (χ1) is 27.2. The molecule has 0 heterocycles. The van der Waals surface area contributed by atoms with Crippen LogP contribution < -0.4 is 26.6 Å². The number of aliphatic carboxylic acids is 1. The summed E-state index contributed by atoms with van der Waals surface area (Å²) in [5.41, 5.74) is -0.173. The van der Waals surface area contributed by atoms with Crippen molar-refractivity contribution in [2.75, 3.05) is 0 Å². The Labute approximate surface area is 345 Å². The highest BCUT2D eigenvalue weighted by atomic mass is 16.4. The van der Waals surface area contributed by atoms with Gasteiger partial charge < -0.3 is 36.8 Å². The van der Waals surface area contributed by atoms with Crippen molar-refractivity contribution in [1.82, 2.24) is 26.6 Å². The van der Waals surface area contributed by atoms with Gasteiger partial charge in [-0.05, 0) is 53.6 Å². The van der Waals surface area contributed by atoms with E-state index >= 15 is 0 Å². The van der Waals surface area contributed by atoms with Gasteiger partial charge in [-0.3, -0.25) is 24.0 Å². The lowest BCUT2D eigenvalue weighted by atomic mass is 9.80. The molecule has 0 radical (unpaired) electrons. The molecule has 5 amide bonds. The quantitative estimate of drug-likeness (QED) is 0.0800. The summed E-state index contributed by atoms with van der Waals surface area (Å²) in [4.78, 5) is 80.7. The predicted molar refractivity (Wildman–Crippen MR) is 225 cm³/mol. The highest BCUT2D eigenvalue weighted by Gasteiger charge is 2.45. The van der Waals surface area contributed by atoms with Crippen molar-refractivity contribution < 1.29 is 39.0 Å². The van der Waals surface area contributed by atoms with Crippen LogP contribution in [0.15, 0.2) is 60.7 Å². The second-order valence-corrected chi connectivity index (χ2v) is 17.2. The van der Waals surface area contributed by atoms with E-state index in [-0.39, 0.29) is 42.9 Å². The Morgan fingerprint density at radius 1 is 0.638 bits per heavy atom. The number of aliphatic hydroxyl groups excluding tert-OH is 1. The monoisotopic (exact) mass is 808 g/mol. The van der Waals surface area contributed by atoms with E-state index in [0.717, 1.165) is 11.1 Å². The summed E-state index contributed by atoms with van der Waals surface area (Å²) in [5.74, 6) is -4.99. The van der Waals surface area contributed by atoms with Crippen molar-refractivity contribution in [2.45, 2.75) is 144 Å². The molecule has 0 spiro atoms. The molecule has 0 fully saturated rings. The summed E-state index contributed by atoms with van der Waals surface area (Å²) in [6.45, 7) is 18.3. The number of carboxylic acid groups (broad SMARTS) is 1. The normalized spacial score (nSPS) is 15.7. The van der Waals surface area contributed by atoms with Gasteiger partial charge in [0.2, 0.25) is 29.5 Å². The Bertz CT molecular complexity index is 1630. The number of benzene rings is 2. The zero-order valence-electron chi connectivity index (χ0n) is 36.1. The summed E-state index contributed by atoms with van der Waals surface area (Å²) in [5, 5.41) is 36.1. The van der Waals surface area contributed by atoms with Gasteiger partial charge in [0.25, 0.3) is 0 Å². The maximum absolute atomic E-state index is 14.0. The first-order valence-corrected chi connectivity index (χ1v) is 20.7. The van der Waals surface area contributed by atoms with Gasteiger partial charge in [-0.15, -0.1) is 0 Å². The van der Waals surface area contributed by atoms with Gasteiger partial charge >= 0.3 is 5.97 Å². The van der Waals surface area contributed by atoms with E-state index < -0.39 is 83.7 Å². The zero-order chi connectivity index (χ0) is 43.7. The van der Waals surface area contributed by atoms with Crippen LogP contribution >= 0.6 is 0 Å². The topological polar surface area (TPSA) is 203 Å². The molecule has 0 aliphatic carbocycles. The molecule has 322 valence electrons. The Morgan fingerprint density at radius 3 is 1.67 bits per heavy atom. The lowest BCUT2D eigenvalue weighted by Gasteiger charge is -2.37. The molecule has 58 heavy (non-hydrogen) atoms. The Morgan fingerprint density at radius 2 is 1.19 bits per heavy atom. The smallest absolute Gasteiger partial charge is 0.330 e. The molecule has 13 heteroatoms. The SMILES string of the molecule is CC[C@H](C)[C@H](NC(=O)C[C@H](O)[C@H](Cc1ccccc1)NC(=O)C(NC(=O)C(CC(C)C)NC(=O)CC(C)C)C(C)C)C(=O)NC(Cc1ccccc1)(C(=O)O)C(C)C. The fourth-order valence-electron chi connectivity index (χ4n) is 6.79. The molecule has 0 aliphatic heterocycles. The molecule has 7 atom stereocenters. The van der Waals surface area contributed by atoms with Gasteiger partial charge in [-0.1, -0.05) is 136 Å². The lowest BCUT2D eigenvalue weighted by Crippen LogP contribution is -2.64. The summed E-state index contributed by atoms with van der Waals surface area (Å²) in [7, 11) is 0. The molecule has 2 rings (SSSR count). The van der Waals surface area contributed by atoms with Gasteiger partial charge in [-0.2, -0.15) is 0 Å². The van der Waals surface area contributed by atoms with Crippen molar-refractivity contribution in [3.05, 3.63) is 71.8 Å². The maximum Gasteiger partial charge on any atom is 0.330 e. The average Bonchev–Trinajstić information content (AvgIpc) is 3.14. The van der Waals surface area contributed by atoms with Gasteiger partial charge in [0.1, 0.15) is 23.7 Å². The fourth-order valence-corrected chi connectivity index (χ4v) is 6.79. The Balaban J connectivity index is 2.34. The number of carboxylic acids is 1. The molecule has 0 saturated heterocycles. The van der Waals surface area contributed by atoms with E-state index in [2.05, 4.69) is 26.6 Å². The van der Waals surface area contributed by atoms with Crippen LogP contribution in [-0.4, -0.2) is 81.5 Å². The molecule has 7 N–H and O–H groups in total. The number of hydrogen-bond donors (Lipinski definition) is 7. The number of hydrogen-bond acceptors (Lipinski definition) is 7. The van der Waals surface area contributed by atoms with Crippen LogP contribution in [0.5, 0.6) is 0 Å². The molecule has 13 nitrogen and oxygen atoms in total. The van der Waals surface area contributed by atoms with E-state index in [1.165, 1.54) is 0 Å². The van der Waals surface area contributed by atoms with Crippen LogP contribution in [0.4, 0.5) is 0 Å². The molecule has 2 aromatic rings. The van der Waals surface area contributed by atoms with Crippen LogP contribution in [0.2, 0.25) is 0 Å². The molecule has 0 saturated carbocycles. The summed E-state index contributed by atoms with van der Waals surface area (Å²) in [6.07, 6.45) is -0.653. The van der Waals surface area contributed by atoms with E-state index in [9.17, 15) is 39.0 Å². The third-order valence-corrected chi connectivity index (χ3v) is 10.5. The molecule has 0 aromatic heterocycles. The number of carbonyl (C=O) groups is 6. The molecule has 2 aromatic carbocycles. The molecule has 0 bridgehead atoms. The first-order valence-electron chi connectivity index (χ1n) is 20.7. The largest absolute Gasteiger partial charge is 0.479 e. The van der Waals surface area contributed by atoms with Crippen LogP contribution in [0.1, 0.15) is 106 Å². The number of nitrogens with one attached hydrogen (secondary N) is 5. The van der Waals surface area contributed by atoms with Crippen molar-refractivity contribution in [1.29, 1.82) is 0 Å². The van der Waals surface area contributed by atoms with Gasteiger partial charge in [0.15, 0.2) is 0 Å². The van der Waals surface area contributed by atoms with Gasteiger partial charge in [0.05, 0.1) is 18.6 Å². The van der Waals surface area contributed by atoms with Crippen LogP contribution in [0, 0.1) is 29.6 Å². The third-order valence-electron chi connectivity index (χ3n) is 10.5. The van der Waals surface area contributed by atoms with Crippen molar-refractivity contribution >= 4 is 35.5 Å². The molecule has 3 unspecified atom stereocenters. The van der Waals surface area contributed by atoms with E-state index in [4.69, 9.17) is 0 Å². The second kappa shape index (κ2) is 23.6. The highest BCUT2D eigenvalue weighted by molar-refractivity contribution is 5.94. The van der Waals surface area contributed by atoms with Crippen LogP contribution in [0.3, 0.4) is 0 Å². The standard InChI is InChI=1S/C45H69N5O8/c1-11-31(10)40(43(56)50-45(30(8)9,44(57)58)26-33-20-16-13-17-21-33)48-38(53)25-36(51)34(24-32-18-14-12-15-19-32)47-42(55)39(29(6)7)49-41(54)35(22-27(2)3)46-37(52)23-28(4)5/h12-21,27-31,34-36,39-40,51H,11,22-26H2,1-10H3,(H,46,52)(H,47,55)(H,48,53)(H,49,54)(H,50,56)(H,57,58)/t31-,34-,35?,36-,39?,40-,45?/m0/s1. The predicted octanol–water partition coefficient (Wildman–Crippen LogP) is 4.55. The minimum absolute atomic E-state index is 0.0241. The Hall–Kier alpha value is -4.78.